The van der Waals surface area contributed by atoms with E-state index in [1.165, 1.54) is 42.1 Å². The van der Waals surface area contributed by atoms with Gasteiger partial charge in [-0.25, -0.2) is 8.42 Å². The standard InChI is InChI=1S/C22H17Cl2F3N2O3S2/c23-19-5-2-6-20(24)18(19)12-33-13-21(30)28-15-7-9-17(10-8-15)34(31,32)29-16-4-1-3-14(11-16)22(25,26)27/h1-11,29H,12-13H2,(H,28,30). The van der Waals surface area contributed by atoms with Crippen LogP contribution in [0.2, 0.25) is 10.0 Å². The number of anilines is 2. The summed E-state index contributed by atoms with van der Waals surface area (Å²) in [6, 6.07) is 14.3. The third kappa shape index (κ3) is 7.05. The largest absolute Gasteiger partial charge is 0.416 e. The maximum Gasteiger partial charge on any atom is 0.416 e. The number of carbonyl (C=O) groups excluding carboxylic acids is 1. The molecular weight excluding hydrogens is 532 g/mol. The molecule has 1 amide bonds. The number of hydrogen-bond donors (Lipinski definition) is 2. The zero-order chi connectivity index (χ0) is 24.9. The summed E-state index contributed by atoms with van der Waals surface area (Å²) in [4.78, 5) is 12.0. The molecule has 0 saturated heterocycles. The quantitative estimate of drug-likeness (QED) is 0.329. The molecule has 0 aromatic heterocycles. The van der Waals surface area contributed by atoms with E-state index in [4.69, 9.17) is 23.2 Å². The highest BCUT2D eigenvalue weighted by molar-refractivity contribution is 7.99. The van der Waals surface area contributed by atoms with Crippen molar-refractivity contribution in [3.8, 4) is 0 Å². The SMILES string of the molecule is O=C(CSCc1c(Cl)cccc1Cl)Nc1ccc(S(=O)(=O)Nc2cccc(C(F)(F)F)c2)cc1. The fourth-order valence-electron chi connectivity index (χ4n) is 2.80. The highest BCUT2D eigenvalue weighted by Gasteiger charge is 2.30. The Bertz CT molecular complexity index is 1270. The van der Waals surface area contributed by atoms with Crippen molar-refractivity contribution in [1.82, 2.24) is 0 Å². The van der Waals surface area contributed by atoms with E-state index in [1.54, 1.807) is 18.2 Å². The molecule has 0 aliphatic rings. The number of benzene rings is 3. The molecule has 0 radical (unpaired) electrons. The lowest BCUT2D eigenvalue weighted by Gasteiger charge is -2.12. The number of thioether (sulfide) groups is 1. The Morgan fingerprint density at radius 1 is 0.912 bits per heavy atom. The third-order valence-corrected chi connectivity index (χ3v) is 7.50. The summed E-state index contributed by atoms with van der Waals surface area (Å²) >= 11 is 13.5. The molecule has 5 nitrogen and oxygen atoms in total. The van der Waals surface area contributed by atoms with Gasteiger partial charge < -0.3 is 5.32 Å². The molecule has 3 aromatic carbocycles. The van der Waals surface area contributed by atoms with Gasteiger partial charge in [-0.3, -0.25) is 9.52 Å². The molecule has 2 N–H and O–H groups in total. The molecule has 180 valence electrons. The maximum atomic E-state index is 12.8. The zero-order valence-electron chi connectivity index (χ0n) is 17.2. The van der Waals surface area contributed by atoms with Crippen LogP contribution in [0.5, 0.6) is 0 Å². The van der Waals surface area contributed by atoms with Gasteiger partial charge in [0.25, 0.3) is 10.0 Å². The molecule has 3 rings (SSSR count). The van der Waals surface area contributed by atoms with Crippen molar-refractivity contribution < 1.29 is 26.4 Å². The number of hydrogen-bond acceptors (Lipinski definition) is 4. The van der Waals surface area contributed by atoms with Gasteiger partial charge in [-0.05, 0) is 60.2 Å². The smallest absolute Gasteiger partial charge is 0.325 e. The van der Waals surface area contributed by atoms with Crippen molar-refractivity contribution >= 4 is 62.3 Å². The summed E-state index contributed by atoms with van der Waals surface area (Å²) in [6.07, 6.45) is -4.60. The number of amides is 1. The molecule has 34 heavy (non-hydrogen) atoms. The topological polar surface area (TPSA) is 75.3 Å². The second-order valence-corrected chi connectivity index (χ2v) is 10.4. The van der Waals surface area contributed by atoms with Crippen LogP contribution in [0.15, 0.2) is 71.6 Å². The molecule has 0 unspecified atom stereocenters. The Kier molecular flexibility index (Phi) is 8.40. The van der Waals surface area contributed by atoms with Crippen LogP contribution in [0.4, 0.5) is 24.5 Å². The van der Waals surface area contributed by atoms with E-state index in [0.717, 1.165) is 17.7 Å². The number of carbonyl (C=O) groups is 1. The lowest BCUT2D eigenvalue weighted by atomic mass is 10.2. The maximum absolute atomic E-state index is 12.8. The number of halogens is 5. The van der Waals surface area contributed by atoms with Crippen LogP contribution in [-0.4, -0.2) is 20.1 Å². The summed E-state index contributed by atoms with van der Waals surface area (Å²) < 4.78 is 65.7. The molecule has 12 heteroatoms. The van der Waals surface area contributed by atoms with Gasteiger partial charge in [-0.2, -0.15) is 13.2 Å². The van der Waals surface area contributed by atoms with E-state index in [0.29, 0.717) is 27.6 Å². The van der Waals surface area contributed by atoms with Crippen molar-refractivity contribution in [1.29, 1.82) is 0 Å². The van der Waals surface area contributed by atoms with Crippen LogP contribution in [-0.2, 0) is 26.7 Å². The Morgan fingerprint density at radius 3 is 2.15 bits per heavy atom. The molecule has 0 fully saturated rings. The van der Waals surface area contributed by atoms with E-state index in [2.05, 4.69) is 10.0 Å². The highest BCUT2D eigenvalue weighted by atomic mass is 35.5. The zero-order valence-corrected chi connectivity index (χ0v) is 20.3. The van der Waals surface area contributed by atoms with E-state index < -0.39 is 21.8 Å². The predicted octanol–water partition coefficient (Wildman–Crippen LogP) is 6.68. The third-order valence-electron chi connectivity index (χ3n) is 4.43. The summed E-state index contributed by atoms with van der Waals surface area (Å²) in [6.45, 7) is 0. The van der Waals surface area contributed by atoms with E-state index in [-0.39, 0.29) is 22.2 Å². The van der Waals surface area contributed by atoms with Gasteiger partial charge in [0.1, 0.15) is 0 Å². The van der Waals surface area contributed by atoms with Crippen molar-refractivity contribution in [3.05, 3.63) is 87.9 Å². The van der Waals surface area contributed by atoms with Crippen molar-refractivity contribution in [3.63, 3.8) is 0 Å². The Morgan fingerprint density at radius 2 is 1.53 bits per heavy atom. The van der Waals surface area contributed by atoms with Crippen LogP contribution in [0, 0.1) is 0 Å². The second-order valence-electron chi connectivity index (χ2n) is 6.95. The molecule has 0 heterocycles. The van der Waals surface area contributed by atoms with Crippen molar-refractivity contribution in [2.24, 2.45) is 0 Å². The summed E-state index contributed by atoms with van der Waals surface area (Å²) in [5.41, 5.74) is -0.103. The van der Waals surface area contributed by atoms with Crippen LogP contribution >= 0.6 is 35.0 Å². The minimum atomic E-state index is -4.60. The molecular formula is C22H17Cl2F3N2O3S2. The van der Waals surface area contributed by atoms with Gasteiger partial charge >= 0.3 is 6.18 Å². The lowest BCUT2D eigenvalue weighted by molar-refractivity contribution is -0.137. The van der Waals surface area contributed by atoms with Crippen molar-refractivity contribution in [2.75, 3.05) is 15.8 Å². The van der Waals surface area contributed by atoms with Crippen LogP contribution in [0.25, 0.3) is 0 Å². The Hall–Kier alpha value is -2.40. The van der Waals surface area contributed by atoms with Crippen LogP contribution in [0.3, 0.4) is 0 Å². The summed E-state index contributed by atoms with van der Waals surface area (Å²) in [5, 5.41) is 3.66. The van der Waals surface area contributed by atoms with Crippen LogP contribution in [0.1, 0.15) is 11.1 Å². The molecule has 0 bridgehead atoms. The van der Waals surface area contributed by atoms with Crippen molar-refractivity contribution in [2.45, 2.75) is 16.8 Å². The minimum Gasteiger partial charge on any atom is -0.325 e. The Labute approximate surface area is 208 Å². The van der Waals surface area contributed by atoms with Gasteiger partial charge in [0.15, 0.2) is 0 Å². The molecule has 0 saturated carbocycles. The summed E-state index contributed by atoms with van der Waals surface area (Å²) in [5.74, 6) is 0.231. The molecule has 0 aliphatic carbocycles. The van der Waals surface area contributed by atoms with Gasteiger partial charge in [0.2, 0.25) is 5.91 Å². The molecule has 0 atom stereocenters. The highest BCUT2D eigenvalue weighted by Crippen LogP contribution is 2.31. The van der Waals surface area contributed by atoms with E-state index in [9.17, 15) is 26.4 Å². The van der Waals surface area contributed by atoms with Gasteiger partial charge in [-0.1, -0.05) is 35.3 Å². The van der Waals surface area contributed by atoms with E-state index >= 15 is 0 Å². The van der Waals surface area contributed by atoms with E-state index in [1.807, 2.05) is 0 Å². The average Bonchev–Trinajstić information content (AvgIpc) is 2.75. The minimum absolute atomic E-state index is 0.110. The first-order valence-electron chi connectivity index (χ1n) is 9.56. The van der Waals surface area contributed by atoms with Crippen LogP contribution < -0.4 is 10.0 Å². The predicted molar refractivity (Wildman–Crippen MR) is 130 cm³/mol. The molecule has 0 spiro atoms. The summed E-state index contributed by atoms with van der Waals surface area (Å²) in [7, 11) is -4.13. The second kappa shape index (κ2) is 10.9. The molecule has 0 aliphatic heterocycles. The monoisotopic (exact) mass is 548 g/mol. The normalized spacial score (nSPS) is 11.8. The number of alkyl halides is 3. The first-order chi connectivity index (χ1) is 16.0. The first kappa shape index (κ1) is 26.2. The van der Waals surface area contributed by atoms with Gasteiger partial charge in [0.05, 0.1) is 16.2 Å². The average molecular weight is 549 g/mol. The molecule has 3 aromatic rings. The first-order valence-corrected chi connectivity index (χ1v) is 13.0. The lowest BCUT2D eigenvalue weighted by Crippen LogP contribution is -2.15. The number of rotatable bonds is 8. The van der Waals surface area contributed by atoms with Gasteiger partial charge in [-0.15, -0.1) is 11.8 Å². The number of sulfonamides is 1. The fraction of sp³-hybridized carbons (Fsp3) is 0.136. The number of nitrogens with one attached hydrogen (secondary N) is 2. The Balaban J connectivity index is 1.58. The van der Waals surface area contributed by atoms with Gasteiger partial charge in [0, 0.05) is 27.2 Å². The fourth-order valence-corrected chi connectivity index (χ4v) is 5.42.